The first kappa shape index (κ1) is 12.7. The Kier molecular flexibility index (Phi) is 4.98. The molecule has 1 aromatic heterocycles. The fraction of sp³-hybridized carbons (Fsp3) is 0.636. The molecule has 0 aliphatic rings. The van der Waals surface area contributed by atoms with Gasteiger partial charge in [-0.2, -0.15) is 0 Å². The van der Waals surface area contributed by atoms with E-state index in [1.807, 2.05) is 13.0 Å². The summed E-state index contributed by atoms with van der Waals surface area (Å²) in [5.41, 5.74) is 0.814. The lowest BCUT2D eigenvalue weighted by Crippen LogP contribution is -2.35. The van der Waals surface area contributed by atoms with E-state index in [2.05, 4.69) is 29.6 Å². The van der Waals surface area contributed by atoms with Gasteiger partial charge >= 0.3 is 0 Å². The van der Waals surface area contributed by atoms with Gasteiger partial charge in [-0.05, 0) is 12.8 Å². The zero-order valence-electron chi connectivity index (χ0n) is 10.0. The molecular weight excluding hydrogens is 206 g/mol. The summed E-state index contributed by atoms with van der Waals surface area (Å²) in [4.78, 5) is 11.3. The Labute approximate surface area is 95.6 Å². The van der Waals surface area contributed by atoms with E-state index in [1.54, 1.807) is 0 Å². The van der Waals surface area contributed by atoms with Crippen molar-refractivity contribution < 1.29 is 9.32 Å². The highest BCUT2D eigenvalue weighted by Gasteiger charge is 2.03. The van der Waals surface area contributed by atoms with Gasteiger partial charge in [0.25, 0.3) is 0 Å². The summed E-state index contributed by atoms with van der Waals surface area (Å²) in [5, 5.41) is 9.65. The van der Waals surface area contributed by atoms with Crippen LogP contribution < -0.4 is 10.6 Å². The van der Waals surface area contributed by atoms with Crippen LogP contribution in [0.5, 0.6) is 0 Å². The smallest absolute Gasteiger partial charge is 0.233 e. The molecule has 0 bridgehead atoms. The highest BCUT2D eigenvalue weighted by Crippen LogP contribution is 2.00. The molecule has 1 amide bonds. The lowest BCUT2D eigenvalue weighted by Gasteiger charge is -2.07. The minimum atomic E-state index is 0.00826. The van der Waals surface area contributed by atoms with Crippen molar-refractivity contribution in [3.05, 3.63) is 17.5 Å². The van der Waals surface area contributed by atoms with Crippen molar-refractivity contribution in [1.82, 2.24) is 15.8 Å². The van der Waals surface area contributed by atoms with E-state index < -0.39 is 0 Å². The lowest BCUT2D eigenvalue weighted by molar-refractivity contribution is -0.120. The largest absolute Gasteiger partial charge is 0.361 e. The van der Waals surface area contributed by atoms with Crippen molar-refractivity contribution in [3.8, 4) is 0 Å². The van der Waals surface area contributed by atoms with Gasteiger partial charge in [0.2, 0.25) is 5.91 Å². The summed E-state index contributed by atoms with van der Waals surface area (Å²) in [7, 11) is 0. The van der Waals surface area contributed by atoms with Crippen molar-refractivity contribution in [1.29, 1.82) is 0 Å². The molecular formula is C11H19N3O2. The van der Waals surface area contributed by atoms with E-state index in [-0.39, 0.29) is 5.91 Å². The van der Waals surface area contributed by atoms with Crippen LogP contribution in [0, 0.1) is 12.8 Å². The molecule has 0 saturated heterocycles. The number of carbonyl (C=O) groups excluding carboxylic acids is 1. The van der Waals surface area contributed by atoms with Gasteiger partial charge in [0.05, 0.1) is 12.2 Å². The number of hydrogen-bond donors (Lipinski definition) is 2. The van der Waals surface area contributed by atoms with Crippen LogP contribution >= 0.6 is 0 Å². The molecule has 1 heterocycles. The average Bonchev–Trinajstić information content (AvgIpc) is 2.61. The van der Waals surface area contributed by atoms with Gasteiger partial charge in [-0.25, -0.2) is 0 Å². The highest BCUT2D eigenvalue weighted by molar-refractivity contribution is 5.77. The number of nitrogens with one attached hydrogen (secondary N) is 2. The van der Waals surface area contributed by atoms with Crippen LogP contribution in [0.3, 0.4) is 0 Å². The number of hydrogen-bond acceptors (Lipinski definition) is 4. The molecule has 1 aromatic rings. The molecule has 0 atom stereocenters. The monoisotopic (exact) mass is 225 g/mol. The van der Waals surface area contributed by atoms with E-state index >= 15 is 0 Å². The number of aryl methyl sites for hydroxylation is 1. The average molecular weight is 225 g/mol. The second kappa shape index (κ2) is 6.27. The lowest BCUT2D eigenvalue weighted by atomic mass is 10.2. The third-order valence-electron chi connectivity index (χ3n) is 1.98. The Morgan fingerprint density at radius 1 is 1.56 bits per heavy atom. The summed E-state index contributed by atoms with van der Waals surface area (Å²) in [6, 6.07) is 1.85. The maximum absolute atomic E-state index is 11.3. The number of aromatic nitrogens is 1. The van der Waals surface area contributed by atoms with E-state index in [4.69, 9.17) is 4.52 Å². The Morgan fingerprint density at radius 2 is 2.31 bits per heavy atom. The normalized spacial score (nSPS) is 10.8. The SMILES string of the molecule is Cc1cc(CNCC(=O)NCC(C)C)no1. The predicted octanol–water partition coefficient (Wildman–Crippen LogP) is 0.845. The van der Waals surface area contributed by atoms with Crippen LogP contribution in [0.4, 0.5) is 0 Å². The second-order valence-electron chi connectivity index (χ2n) is 4.23. The van der Waals surface area contributed by atoms with Crippen molar-refractivity contribution in [2.75, 3.05) is 13.1 Å². The van der Waals surface area contributed by atoms with E-state index in [9.17, 15) is 4.79 Å². The zero-order valence-corrected chi connectivity index (χ0v) is 10.0. The van der Waals surface area contributed by atoms with Crippen molar-refractivity contribution in [2.45, 2.75) is 27.3 Å². The number of rotatable bonds is 6. The molecule has 0 fully saturated rings. The van der Waals surface area contributed by atoms with Crippen molar-refractivity contribution in [3.63, 3.8) is 0 Å². The van der Waals surface area contributed by atoms with Crippen LogP contribution in [0.15, 0.2) is 10.6 Å². The van der Waals surface area contributed by atoms with Gasteiger partial charge in [-0.15, -0.1) is 0 Å². The first-order valence-electron chi connectivity index (χ1n) is 5.47. The first-order chi connectivity index (χ1) is 7.58. The number of nitrogens with zero attached hydrogens (tertiary/aromatic N) is 1. The van der Waals surface area contributed by atoms with Crippen LogP contribution in [-0.2, 0) is 11.3 Å². The van der Waals surface area contributed by atoms with Crippen LogP contribution in [-0.4, -0.2) is 24.2 Å². The van der Waals surface area contributed by atoms with E-state index in [0.717, 1.165) is 11.5 Å². The minimum Gasteiger partial charge on any atom is -0.361 e. The minimum absolute atomic E-state index is 0.00826. The van der Waals surface area contributed by atoms with Gasteiger partial charge in [-0.3, -0.25) is 4.79 Å². The topological polar surface area (TPSA) is 67.2 Å². The third kappa shape index (κ3) is 4.93. The maximum atomic E-state index is 11.3. The maximum Gasteiger partial charge on any atom is 0.233 e. The Bertz CT molecular complexity index is 334. The van der Waals surface area contributed by atoms with Crippen LogP contribution in [0.1, 0.15) is 25.3 Å². The number of amides is 1. The van der Waals surface area contributed by atoms with Crippen LogP contribution in [0.2, 0.25) is 0 Å². The quantitative estimate of drug-likeness (QED) is 0.753. The molecule has 5 nitrogen and oxygen atoms in total. The molecule has 0 saturated carbocycles. The highest BCUT2D eigenvalue weighted by atomic mass is 16.5. The molecule has 0 radical (unpaired) electrons. The molecule has 1 rings (SSSR count). The van der Waals surface area contributed by atoms with Crippen molar-refractivity contribution >= 4 is 5.91 Å². The molecule has 16 heavy (non-hydrogen) atoms. The van der Waals surface area contributed by atoms with Gasteiger partial charge < -0.3 is 15.2 Å². The molecule has 0 aliphatic heterocycles. The van der Waals surface area contributed by atoms with Gasteiger partial charge in [-0.1, -0.05) is 19.0 Å². The fourth-order valence-electron chi connectivity index (χ4n) is 1.19. The first-order valence-corrected chi connectivity index (χ1v) is 5.47. The molecule has 90 valence electrons. The van der Waals surface area contributed by atoms with Gasteiger partial charge in [0.15, 0.2) is 0 Å². The predicted molar refractivity (Wildman–Crippen MR) is 60.8 cm³/mol. The van der Waals surface area contributed by atoms with Gasteiger partial charge in [0.1, 0.15) is 5.76 Å². The summed E-state index contributed by atoms with van der Waals surface area (Å²) >= 11 is 0. The molecule has 0 unspecified atom stereocenters. The van der Waals surface area contributed by atoms with E-state index in [0.29, 0.717) is 25.6 Å². The molecule has 0 spiro atoms. The summed E-state index contributed by atoms with van der Waals surface area (Å²) in [6.07, 6.45) is 0. The fourth-order valence-corrected chi connectivity index (χ4v) is 1.19. The Hall–Kier alpha value is -1.36. The van der Waals surface area contributed by atoms with Crippen molar-refractivity contribution in [2.24, 2.45) is 5.92 Å². The molecule has 0 aromatic carbocycles. The summed E-state index contributed by atoms with van der Waals surface area (Å²) in [5.74, 6) is 1.26. The molecule has 2 N–H and O–H groups in total. The zero-order chi connectivity index (χ0) is 12.0. The molecule has 5 heteroatoms. The number of carbonyl (C=O) groups is 1. The third-order valence-corrected chi connectivity index (χ3v) is 1.98. The Balaban J connectivity index is 2.13. The molecule has 0 aliphatic carbocycles. The standard InChI is InChI=1S/C11H19N3O2/c1-8(2)5-13-11(15)7-12-6-10-4-9(3)16-14-10/h4,8,12H,5-7H2,1-3H3,(H,13,15). The summed E-state index contributed by atoms with van der Waals surface area (Å²) in [6.45, 7) is 7.53. The van der Waals surface area contributed by atoms with Crippen LogP contribution in [0.25, 0.3) is 0 Å². The second-order valence-corrected chi connectivity index (χ2v) is 4.23. The summed E-state index contributed by atoms with van der Waals surface area (Å²) < 4.78 is 4.91. The Morgan fingerprint density at radius 3 is 2.88 bits per heavy atom. The van der Waals surface area contributed by atoms with Gasteiger partial charge in [0, 0.05) is 19.2 Å². The van der Waals surface area contributed by atoms with E-state index in [1.165, 1.54) is 0 Å².